The van der Waals surface area contributed by atoms with Gasteiger partial charge in [0, 0.05) is 12.6 Å². The summed E-state index contributed by atoms with van der Waals surface area (Å²) in [7, 11) is -1.87. The van der Waals surface area contributed by atoms with Gasteiger partial charge >= 0.3 is 0 Å². The van der Waals surface area contributed by atoms with Crippen LogP contribution in [0.2, 0.25) is 0 Å². The molecule has 1 aromatic rings. The highest BCUT2D eigenvalue weighted by Gasteiger charge is 2.34. The van der Waals surface area contributed by atoms with Gasteiger partial charge in [-0.3, -0.25) is 4.31 Å². The lowest BCUT2D eigenvalue weighted by Gasteiger charge is -2.08. The largest absolute Gasteiger partial charge is 0.265 e. The van der Waals surface area contributed by atoms with Crippen molar-refractivity contribution in [2.24, 2.45) is 0 Å². The van der Waals surface area contributed by atoms with Crippen LogP contribution in [0.15, 0.2) is 29.2 Å². The minimum absolute atomic E-state index is 0.308. The molecule has 15 heavy (non-hydrogen) atoms. The molecule has 1 aromatic carbocycles. The Morgan fingerprint density at radius 2 is 1.73 bits per heavy atom. The fourth-order valence-electron chi connectivity index (χ4n) is 1.29. The first-order valence-corrected chi connectivity index (χ1v) is 6.52. The summed E-state index contributed by atoms with van der Waals surface area (Å²) in [6, 6.07) is 6.76. The fraction of sp³-hybridized carbons (Fsp3) is 0.300. The van der Waals surface area contributed by atoms with E-state index >= 15 is 0 Å². The molecule has 0 N–H and O–H groups in total. The lowest BCUT2D eigenvalue weighted by Crippen LogP contribution is -2.24. The number of hydrogen-bond acceptors (Lipinski definition) is 3. The molecule has 0 atom stereocenters. The molecule has 1 aliphatic rings. The SMILES string of the molecule is CC.CN1C(=S)c2ccccc2S1(=O)=O. The Bertz CT molecular complexity index is 480. The van der Waals surface area contributed by atoms with Crippen molar-refractivity contribution in [3.05, 3.63) is 29.8 Å². The van der Waals surface area contributed by atoms with E-state index in [2.05, 4.69) is 0 Å². The second kappa shape index (κ2) is 4.28. The van der Waals surface area contributed by atoms with Crippen LogP contribution in [0.1, 0.15) is 19.4 Å². The van der Waals surface area contributed by atoms with Crippen LogP contribution in [-0.2, 0) is 10.0 Å². The Hall–Kier alpha value is -0.940. The number of rotatable bonds is 0. The van der Waals surface area contributed by atoms with Gasteiger partial charge in [-0.1, -0.05) is 44.3 Å². The molecule has 0 saturated carbocycles. The smallest absolute Gasteiger partial charge is 0.259 e. The average molecular weight is 243 g/mol. The first kappa shape index (κ1) is 12.1. The normalized spacial score (nSPS) is 16.7. The van der Waals surface area contributed by atoms with Crippen molar-refractivity contribution < 1.29 is 8.42 Å². The predicted molar refractivity (Wildman–Crippen MR) is 64.4 cm³/mol. The molecule has 82 valence electrons. The van der Waals surface area contributed by atoms with E-state index in [0.29, 0.717) is 15.4 Å². The minimum atomic E-state index is -3.34. The molecule has 3 nitrogen and oxygen atoms in total. The van der Waals surface area contributed by atoms with Gasteiger partial charge < -0.3 is 0 Å². The molecule has 1 heterocycles. The molecule has 0 bridgehead atoms. The van der Waals surface area contributed by atoms with Crippen molar-refractivity contribution in [1.82, 2.24) is 4.31 Å². The molecule has 0 unspecified atom stereocenters. The number of hydrogen-bond donors (Lipinski definition) is 0. The Labute approximate surface area is 95.8 Å². The Kier molecular flexibility index (Phi) is 3.46. The third kappa shape index (κ3) is 1.77. The van der Waals surface area contributed by atoms with Crippen LogP contribution >= 0.6 is 12.2 Å². The molecular weight excluding hydrogens is 230 g/mol. The number of benzene rings is 1. The summed E-state index contributed by atoms with van der Waals surface area (Å²) in [5.74, 6) is 0. The topological polar surface area (TPSA) is 37.4 Å². The van der Waals surface area contributed by atoms with Gasteiger partial charge in [0.1, 0.15) is 4.99 Å². The summed E-state index contributed by atoms with van der Waals surface area (Å²) < 4.78 is 24.4. The monoisotopic (exact) mass is 243 g/mol. The van der Waals surface area contributed by atoms with E-state index in [9.17, 15) is 8.42 Å². The van der Waals surface area contributed by atoms with Gasteiger partial charge in [0.05, 0.1) is 4.90 Å². The van der Waals surface area contributed by atoms with Gasteiger partial charge in [-0.2, -0.15) is 0 Å². The Morgan fingerprint density at radius 1 is 1.20 bits per heavy atom. The Balaban J connectivity index is 0.000000531. The van der Waals surface area contributed by atoms with E-state index in [-0.39, 0.29) is 0 Å². The Morgan fingerprint density at radius 3 is 2.27 bits per heavy atom. The van der Waals surface area contributed by atoms with Crippen LogP contribution in [0.4, 0.5) is 0 Å². The van der Waals surface area contributed by atoms with Crippen molar-refractivity contribution in [1.29, 1.82) is 0 Å². The highest BCUT2D eigenvalue weighted by atomic mass is 32.2. The van der Waals surface area contributed by atoms with E-state index in [1.807, 2.05) is 13.8 Å². The molecule has 0 aromatic heterocycles. The van der Waals surface area contributed by atoms with Crippen LogP contribution in [-0.4, -0.2) is 24.8 Å². The maximum absolute atomic E-state index is 11.6. The highest BCUT2D eigenvalue weighted by Crippen LogP contribution is 2.28. The van der Waals surface area contributed by atoms with Crippen molar-refractivity contribution >= 4 is 27.2 Å². The molecule has 0 radical (unpaired) electrons. The zero-order valence-corrected chi connectivity index (χ0v) is 10.5. The van der Waals surface area contributed by atoms with Gasteiger partial charge in [-0.25, -0.2) is 8.42 Å². The average Bonchev–Trinajstić information content (AvgIpc) is 2.45. The summed E-state index contributed by atoms with van der Waals surface area (Å²) in [6.45, 7) is 4.00. The van der Waals surface area contributed by atoms with Gasteiger partial charge in [-0.15, -0.1) is 0 Å². The molecule has 1 aliphatic heterocycles. The van der Waals surface area contributed by atoms with E-state index in [0.717, 1.165) is 4.31 Å². The van der Waals surface area contributed by atoms with E-state index in [1.165, 1.54) is 7.05 Å². The summed E-state index contributed by atoms with van der Waals surface area (Å²) in [5.41, 5.74) is 0.625. The maximum atomic E-state index is 11.6. The van der Waals surface area contributed by atoms with Gasteiger partial charge in [0.15, 0.2) is 0 Å². The molecule has 0 spiro atoms. The summed E-state index contributed by atoms with van der Waals surface area (Å²) in [5, 5.41) is 0. The molecule has 0 amide bonds. The number of sulfonamides is 1. The first-order chi connectivity index (χ1) is 7.05. The van der Waals surface area contributed by atoms with E-state index in [4.69, 9.17) is 12.2 Å². The second-order valence-corrected chi connectivity index (χ2v) is 5.10. The lowest BCUT2D eigenvalue weighted by atomic mass is 10.2. The second-order valence-electron chi connectivity index (χ2n) is 2.77. The number of thiocarbonyl (C=S) groups is 1. The van der Waals surface area contributed by atoms with E-state index in [1.54, 1.807) is 24.3 Å². The van der Waals surface area contributed by atoms with Gasteiger partial charge in [0.2, 0.25) is 0 Å². The van der Waals surface area contributed by atoms with Crippen molar-refractivity contribution in [3.63, 3.8) is 0 Å². The number of fused-ring (bicyclic) bond motifs is 1. The van der Waals surface area contributed by atoms with Gasteiger partial charge in [-0.05, 0) is 6.07 Å². The third-order valence-electron chi connectivity index (χ3n) is 2.04. The van der Waals surface area contributed by atoms with Crippen molar-refractivity contribution in [3.8, 4) is 0 Å². The zero-order chi connectivity index (χ0) is 11.6. The standard InChI is InChI=1S/C8H7NO2S2.C2H6/c1-9-8(12)6-4-2-3-5-7(6)13(9,10)11;1-2/h2-5H,1H3;1-2H3. The molecule has 0 saturated heterocycles. The first-order valence-electron chi connectivity index (χ1n) is 4.67. The lowest BCUT2D eigenvalue weighted by molar-refractivity contribution is 0.561. The van der Waals surface area contributed by atoms with Crippen LogP contribution < -0.4 is 0 Å². The van der Waals surface area contributed by atoms with Gasteiger partial charge in [0.25, 0.3) is 10.0 Å². The molecule has 5 heteroatoms. The van der Waals surface area contributed by atoms with Crippen molar-refractivity contribution in [2.75, 3.05) is 7.05 Å². The highest BCUT2D eigenvalue weighted by molar-refractivity contribution is 7.92. The molecular formula is C10H13NO2S2. The zero-order valence-electron chi connectivity index (χ0n) is 8.89. The predicted octanol–water partition coefficient (Wildman–Crippen LogP) is 2.02. The fourth-order valence-corrected chi connectivity index (χ4v) is 3.14. The molecule has 2 rings (SSSR count). The van der Waals surface area contributed by atoms with Crippen molar-refractivity contribution in [2.45, 2.75) is 18.7 Å². The summed E-state index contributed by atoms with van der Waals surface area (Å²) >= 11 is 4.99. The summed E-state index contributed by atoms with van der Waals surface area (Å²) in [6.07, 6.45) is 0. The van der Waals surface area contributed by atoms with E-state index < -0.39 is 10.0 Å². The maximum Gasteiger partial charge on any atom is 0.265 e. The minimum Gasteiger partial charge on any atom is -0.259 e. The molecule has 0 aliphatic carbocycles. The van der Waals surface area contributed by atoms with Crippen LogP contribution in [0, 0.1) is 0 Å². The third-order valence-corrected chi connectivity index (χ3v) is 4.47. The summed E-state index contributed by atoms with van der Waals surface area (Å²) in [4.78, 5) is 0.679. The van der Waals surface area contributed by atoms with Crippen LogP contribution in [0.5, 0.6) is 0 Å². The van der Waals surface area contributed by atoms with Crippen LogP contribution in [0.25, 0.3) is 0 Å². The molecule has 0 fully saturated rings. The number of nitrogens with zero attached hydrogens (tertiary/aromatic N) is 1. The van der Waals surface area contributed by atoms with Crippen LogP contribution in [0.3, 0.4) is 0 Å². The quantitative estimate of drug-likeness (QED) is 0.654.